The van der Waals surface area contributed by atoms with Gasteiger partial charge in [0.1, 0.15) is 0 Å². The highest BCUT2D eigenvalue weighted by Crippen LogP contribution is 2.29. The first-order valence-corrected chi connectivity index (χ1v) is 7.04. The van der Waals surface area contributed by atoms with Gasteiger partial charge in [0.2, 0.25) is 0 Å². The Labute approximate surface area is 133 Å². The Balaban J connectivity index is 2.23. The third kappa shape index (κ3) is 3.60. The van der Waals surface area contributed by atoms with E-state index in [0.29, 0.717) is 22.2 Å². The van der Waals surface area contributed by atoms with Crippen LogP contribution in [0.3, 0.4) is 0 Å². The fourth-order valence-electron chi connectivity index (χ4n) is 1.95. The second-order valence-electron chi connectivity index (χ2n) is 4.58. The summed E-state index contributed by atoms with van der Waals surface area (Å²) in [7, 11) is 0. The topological polar surface area (TPSA) is 70.6 Å². The molecule has 2 rings (SSSR count). The van der Waals surface area contributed by atoms with Crippen LogP contribution in [0.2, 0.25) is 10.0 Å². The van der Waals surface area contributed by atoms with Crippen LogP contribution in [0.25, 0.3) is 0 Å². The van der Waals surface area contributed by atoms with Crippen LogP contribution in [0.4, 0.5) is 5.69 Å². The summed E-state index contributed by atoms with van der Waals surface area (Å²) in [6.45, 7) is 2.37. The number of oxime groups is 1. The van der Waals surface area contributed by atoms with Crippen LogP contribution < -0.4 is 11.1 Å². The van der Waals surface area contributed by atoms with Crippen LogP contribution in [0.15, 0.2) is 41.6 Å². The number of nitrogens with two attached hydrogens (primary N) is 1. The van der Waals surface area contributed by atoms with E-state index in [0.717, 1.165) is 16.8 Å². The molecule has 0 heterocycles. The Bertz CT molecular complexity index is 687. The van der Waals surface area contributed by atoms with Gasteiger partial charge in [0.15, 0.2) is 5.84 Å². The number of aryl methyl sites for hydroxylation is 1. The van der Waals surface area contributed by atoms with Crippen molar-refractivity contribution >= 4 is 34.7 Å². The molecular formula is C15H15Cl2N3O. The molecule has 0 atom stereocenters. The maximum Gasteiger partial charge on any atom is 0.170 e. The molecule has 0 aliphatic rings. The van der Waals surface area contributed by atoms with Gasteiger partial charge in [-0.25, -0.2) is 0 Å². The smallest absolute Gasteiger partial charge is 0.170 e. The lowest BCUT2D eigenvalue weighted by Crippen LogP contribution is -2.16. The Morgan fingerprint density at radius 1 is 1.24 bits per heavy atom. The number of amidine groups is 1. The summed E-state index contributed by atoms with van der Waals surface area (Å²) < 4.78 is 0. The van der Waals surface area contributed by atoms with Crippen molar-refractivity contribution in [2.75, 3.05) is 5.32 Å². The van der Waals surface area contributed by atoms with Crippen LogP contribution in [0.5, 0.6) is 0 Å². The molecule has 0 radical (unpaired) electrons. The van der Waals surface area contributed by atoms with Gasteiger partial charge in [-0.15, -0.1) is 0 Å². The molecule has 21 heavy (non-hydrogen) atoms. The zero-order valence-electron chi connectivity index (χ0n) is 11.4. The van der Waals surface area contributed by atoms with Crippen LogP contribution in [-0.2, 0) is 6.54 Å². The van der Waals surface area contributed by atoms with Gasteiger partial charge < -0.3 is 16.3 Å². The molecule has 0 bridgehead atoms. The predicted molar refractivity (Wildman–Crippen MR) is 87.5 cm³/mol. The molecule has 0 spiro atoms. The van der Waals surface area contributed by atoms with Crippen molar-refractivity contribution in [2.24, 2.45) is 10.9 Å². The average Bonchev–Trinajstić information content (AvgIpc) is 2.49. The Hall–Kier alpha value is -1.91. The minimum absolute atomic E-state index is 0.0698. The highest BCUT2D eigenvalue weighted by molar-refractivity contribution is 6.35. The number of hydrogen-bond donors (Lipinski definition) is 3. The summed E-state index contributed by atoms with van der Waals surface area (Å²) in [6.07, 6.45) is 0. The van der Waals surface area contributed by atoms with Crippen molar-refractivity contribution in [3.05, 3.63) is 63.1 Å². The quantitative estimate of drug-likeness (QED) is 0.344. The molecule has 0 aliphatic heterocycles. The monoisotopic (exact) mass is 323 g/mol. The maximum atomic E-state index is 8.81. The van der Waals surface area contributed by atoms with E-state index in [2.05, 4.69) is 10.5 Å². The molecule has 0 aromatic heterocycles. The lowest BCUT2D eigenvalue weighted by Gasteiger charge is -2.13. The molecule has 110 valence electrons. The van der Waals surface area contributed by atoms with Crippen LogP contribution >= 0.6 is 23.2 Å². The average molecular weight is 324 g/mol. The van der Waals surface area contributed by atoms with Crippen LogP contribution in [-0.4, -0.2) is 11.0 Å². The van der Waals surface area contributed by atoms with Gasteiger partial charge in [-0.1, -0.05) is 52.6 Å². The van der Waals surface area contributed by atoms with Gasteiger partial charge in [-0.05, 0) is 30.2 Å². The molecule has 0 saturated carbocycles. The highest BCUT2D eigenvalue weighted by Gasteiger charge is 2.08. The molecule has 0 aliphatic carbocycles. The largest absolute Gasteiger partial charge is 0.409 e. The summed E-state index contributed by atoms with van der Waals surface area (Å²) in [5, 5.41) is 16.3. The SMILES string of the molecule is Cc1cc(Cl)c(NCc2ccccc2/C(N)=N/O)cc1Cl. The number of halogens is 2. The summed E-state index contributed by atoms with van der Waals surface area (Å²) in [5.74, 6) is 0.0698. The molecule has 0 amide bonds. The van der Waals surface area contributed by atoms with E-state index in [9.17, 15) is 0 Å². The third-order valence-electron chi connectivity index (χ3n) is 3.12. The first-order chi connectivity index (χ1) is 10.0. The molecule has 2 aromatic rings. The van der Waals surface area contributed by atoms with E-state index < -0.39 is 0 Å². The zero-order chi connectivity index (χ0) is 15.4. The maximum absolute atomic E-state index is 8.81. The Kier molecular flexibility index (Phi) is 4.94. The zero-order valence-corrected chi connectivity index (χ0v) is 12.9. The molecule has 6 heteroatoms. The molecule has 4 nitrogen and oxygen atoms in total. The summed E-state index contributed by atoms with van der Waals surface area (Å²) in [5.41, 5.74) is 8.88. The fourth-order valence-corrected chi connectivity index (χ4v) is 2.40. The number of nitrogens with one attached hydrogen (secondary N) is 1. The molecule has 2 aromatic carbocycles. The van der Waals surface area contributed by atoms with E-state index in [1.165, 1.54) is 0 Å². The van der Waals surface area contributed by atoms with Crippen LogP contribution in [0.1, 0.15) is 16.7 Å². The third-order valence-corrected chi connectivity index (χ3v) is 3.84. The van der Waals surface area contributed by atoms with E-state index >= 15 is 0 Å². The molecule has 0 unspecified atom stereocenters. The lowest BCUT2D eigenvalue weighted by molar-refractivity contribution is 0.318. The molecule has 0 fully saturated rings. The van der Waals surface area contributed by atoms with Gasteiger partial charge in [0, 0.05) is 17.1 Å². The summed E-state index contributed by atoms with van der Waals surface area (Å²) >= 11 is 12.3. The van der Waals surface area contributed by atoms with Gasteiger partial charge in [-0.2, -0.15) is 0 Å². The van der Waals surface area contributed by atoms with E-state index in [1.54, 1.807) is 12.1 Å². The van der Waals surface area contributed by atoms with E-state index in [-0.39, 0.29) is 5.84 Å². The van der Waals surface area contributed by atoms with Crippen molar-refractivity contribution in [1.82, 2.24) is 0 Å². The normalized spacial score (nSPS) is 11.5. The van der Waals surface area contributed by atoms with E-state index in [1.807, 2.05) is 31.2 Å². The van der Waals surface area contributed by atoms with Crippen LogP contribution in [0, 0.1) is 6.92 Å². The summed E-state index contributed by atoms with van der Waals surface area (Å²) in [6, 6.07) is 11.0. The standard InChI is InChI=1S/C15H15Cl2N3O/c1-9-6-13(17)14(7-12(9)16)19-8-10-4-2-3-5-11(10)15(18)20-21/h2-7,19,21H,8H2,1H3,(H2,18,20). The second-order valence-corrected chi connectivity index (χ2v) is 5.39. The van der Waals surface area contributed by atoms with Gasteiger partial charge in [0.05, 0.1) is 10.7 Å². The van der Waals surface area contributed by atoms with E-state index in [4.69, 9.17) is 34.1 Å². The van der Waals surface area contributed by atoms with Gasteiger partial charge in [0.25, 0.3) is 0 Å². The number of rotatable bonds is 4. The van der Waals surface area contributed by atoms with Crippen molar-refractivity contribution in [1.29, 1.82) is 0 Å². The minimum Gasteiger partial charge on any atom is -0.409 e. The lowest BCUT2D eigenvalue weighted by atomic mass is 10.1. The van der Waals surface area contributed by atoms with Crippen molar-refractivity contribution < 1.29 is 5.21 Å². The Morgan fingerprint density at radius 3 is 2.67 bits per heavy atom. The number of nitrogens with zero attached hydrogens (tertiary/aromatic N) is 1. The second kappa shape index (κ2) is 6.70. The van der Waals surface area contributed by atoms with Gasteiger partial charge >= 0.3 is 0 Å². The fraction of sp³-hybridized carbons (Fsp3) is 0.133. The number of hydrogen-bond acceptors (Lipinski definition) is 3. The number of benzene rings is 2. The van der Waals surface area contributed by atoms with Crippen molar-refractivity contribution in [3.63, 3.8) is 0 Å². The predicted octanol–water partition coefficient (Wildman–Crippen LogP) is 4.01. The molecule has 4 N–H and O–H groups in total. The minimum atomic E-state index is 0.0698. The van der Waals surface area contributed by atoms with Crippen molar-refractivity contribution in [2.45, 2.75) is 13.5 Å². The van der Waals surface area contributed by atoms with Gasteiger partial charge in [-0.3, -0.25) is 0 Å². The highest BCUT2D eigenvalue weighted by atomic mass is 35.5. The first kappa shape index (κ1) is 15.5. The molecule has 0 saturated heterocycles. The molecular weight excluding hydrogens is 309 g/mol. The first-order valence-electron chi connectivity index (χ1n) is 6.28. The van der Waals surface area contributed by atoms with Crippen molar-refractivity contribution in [3.8, 4) is 0 Å². The number of anilines is 1. The summed E-state index contributed by atoms with van der Waals surface area (Å²) in [4.78, 5) is 0. The Morgan fingerprint density at radius 2 is 1.95 bits per heavy atom.